The van der Waals surface area contributed by atoms with Gasteiger partial charge in [0.05, 0.1) is 0 Å². The van der Waals surface area contributed by atoms with Gasteiger partial charge in [-0.05, 0) is 50.7 Å². The Labute approximate surface area is 160 Å². The molecule has 5 heteroatoms. The lowest BCUT2D eigenvalue weighted by atomic mass is 9.75. The molecule has 3 unspecified atom stereocenters. The number of carbonyl (C=O) groups is 2. The molecule has 1 amide bonds. The molecule has 0 bridgehead atoms. The predicted octanol–water partition coefficient (Wildman–Crippen LogP) is 3.60. The normalized spacial score (nSPS) is 31.1. The van der Waals surface area contributed by atoms with E-state index < -0.39 is 12.1 Å². The number of cyclic esters (lactones) is 1. The van der Waals surface area contributed by atoms with Crippen molar-refractivity contribution in [1.82, 2.24) is 4.90 Å². The first-order valence-electron chi connectivity index (χ1n) is 9.85. The molecule has 2 fully saturated rings. The van der Waals surface area contributed by atoms with Crippen molar-refractivity contribution in [2.45, 2.75) is 70.7 Å². The lowest BCUT2D eigenvalue weighted by molar-refractivity contribution is -0.178. The Morgan fingerprint density at radius 3 is 2.78 bits per heavy atom. The molecule has 0 radical (unpaired) electrons. The highest BCUT2D eigenvalue weighted by Crippen LogP contribution is 2.54. The highest BCUT2D eigenvalue weighted by Gasteiger charge is 2.63. The molecule has 5 nitrogen and oxygen atoms in total. The zero-order valence-electron chi connectivity index (χ0n) is 16.5. The predicted molar refractivity (Wildman–Crippen MR) is 104 cm³/mol. The number of esters is 1. The van der Waals surface area contributed by atoms with E-state index in [2.05, 4.69) is 37.4 Å². The first-order chi connectivity index (χ1) is 12.8. The summed E-state index contributed by atoms with van der Waals surface area (Å²) in [5.74, 6) is -0.0294. The van der Waals surface area contributed by atoms with E-state index in [1.54, 1.807) is 4.90 Å². The van der Waals surface area contributed by atoms with Gasteiger partial charge in [-0.3, -0.25) is 4.79 Å². The molecule has 2 saturated heterocycles. The molecule has 3 heterocycles. The number of allylic oxidation sites excluding steroid dienone is 2. The molecular weight excluding hydrogens is 340 g/mol. The van der Waals surface area contributed by atoms with Crippen LogP contribution in [0.3, 0.4) is 0 Å². The summed E-state index contributed by atoms with van der Waals surface area (Å²) >= 11 is 0. The van der Waals surface area contributed by atoms with Gasteiger partial charge in [-0.15, -0.1) is 0 Å². The number of fused-ring (bicyclic) bond motifs is 5. The minimum atomic E-state index is -0.668. The third-order valence-electron chi connectivity index (χ3n) is 6.07. The number of benzene rings is 1. The van der Waals surface area contributed by atoms with Crippen LogP contribution in [0.15, 0.2) is 35.9 Å². The lowest BCUT2D eigenvalue weighted by Gasteiger charge is -2.38. The van der Waals surface area contributed by atoms with Crippen molar-refractivity contribution in [3.8, 4) is 0 Å². The van der Waals surface area contributed by atoms with Crippen LogP contribution in [0.1, 0.15) is 52.5 Å². The number of amides is 1. The van der Waals surface area contributed by atoms with E-state index in [1.807, 2.05) is 26.0 Å². The Bertz CT molecular complexity index is 812. The Kier molecular flexibility index (Phi) is 4.28. The van der Waals surface area contributed by atoms with Crippen LogP contribution < -0.4 is 5.32 Å². The summed E-state index contributed by atoms with van der Waals surface area (Å²) in [4.78, 5) is 27.8. The lowest BCUT2D eigenvalue weighted by Crippen LogP contribution is -2.58. The van der Waals surface area contributed by atoms with Crippen LogP contribution in [-0.4, -0.2) is 35.1 Å². The second-order valence-corrected chi connectivity index (χ2v) is 8.75. The second-order valence-electron chi connectivity index (χ2n) is 8.75. The van der Waals surface area contributed by atoms with Crippen molar-refractivity contribution >= 4 is 17.6 Å². The van der Waals surface area contributed by atoms with Crippen LogP contribution in [0.4, 0.5) is 5.69 Å². The van der Waals surface area contributed by atoms with Crippen molar-refractivity contribution in [3.05, 3.63) is 41.5 Å². The van der Waals surface area contributed by atoms with Gasteiger partial charge in [0.1, 0.15) is 12.2 Å². The number of hydrogen-bond donors (Lipinski definition) is 1. The topological polar surface area (TPSA) is 58.6 Å². The molecule has 1 aromatic rings. The summed E-state index contributed by atoms with van der Waals surface area (Å²) in [6.45, 7) is 8.25. The minimum Gasteiger partial charge on any atom is -0.451 e. The Morgan fingerprint density at radius 1 is 1.33 bits per heavy atom. The van der Waals surface area contributed by atoms with E-state index in [0.717, 1.165) is 12.1 Å². The number of nitrogens with one attached hydrogen (secondary N) is 1. The highest BCUT2D eigenvalue weighted by molar-refractivity contribution is 5.94. The number of rotatable bonds is 4. The summed E-state index contributed by atoms with van der Waals surface area (Å²) in [5, 5.41) is 3.55. The van der Waals surface area contributed by atoms with Crippen molar-refractivity contribution < 1.29 is 14.3 Å². The number of morpholine rings is 1. The first-order valence-corrected chi connectivity index (χ1v) is 9.85. The third-order valence-corrected chi connectivity index (χ3v) is 6.07. The monoisotopic (exact) mass is 368 g/mol. The summed E-state index contributed by atoms with van der Waals surface area (Å²) in [5.41, 5.74) is 3.21. The molecule has 144 valence electrons. The maximum atomic E-state index is 13.3. The maximum Gasteiger partial charge on any atom is 0.329 e. The molecule has 3 aliphatic heterocycles. The molecular formula is C22H28N2O3. The van der Waals surface area contributed by atoms with Crippen LogP contribution in [0.25, 0.3) is 0 Å². The van der Waals surface area contributed by atoms with E-state index in [-0.39, 0.29) is 29.4 Å². The number of ether oxygens (including phenoxy) is 1. The SMILES string of the molecule is CC(C)=CCC12CC3C(=O)OC(CC(C)C)C(=O)N3[C@@H]1Nc1ccccc12. The summed E-state index contributed by atoms with van der Waals surface area (Å²) in [6, 6.07) is 7.73. The Balaban J connectivity index is 1.76. The van der Waals surface area contributed by atoms with E-state index >= 15 is 0 Å². The van der Waals surface area contributed by atoms with Crippen molar-refractivity contribution in [3.63, 3.8) is 0 Å². The molecule has 1 aromatic carbocycles. The van der Waals surface area contributed by atoms with Crippen LogP contribution in [0.5, 0.6) is 0 Å². The Morgan fingerprint density at radius 2 is 2.07 bits per heavy atom. The highest BCUT2D eigenvalue weighted by atomic mass is 16.6. The van der Waals surface area contributed by atoms with Crippen molar-refractivity contribution in [2.24, 2.45) is 5.92 Å². The van der Waals surface area contributed by atoms with Gasteiger partial charge >= 0.3 is 5.97 Å². The molecule has 3 aliphatic rings. The molecule has 4 rings (SSSR count). The Hall–Kier alpha value is -2.30. The molecule has 1 N–H and O–H groups in total. The summed E-state index contributed by atoms with van der Waals surface area (Å²) < 4.78 is 5.57. The van der Waals surface area contributed by atoms with Gasteiger partial charge in [-0.1, -0.05) is 43.7 Å². The van der Waals surface area contributed by atoms with E-state index in [9.17, 15) is 9.59 Å². The zero-order valence-corrected chi connectivity index (χ0v) is 16.5. The van der Waals surface area contributed by atoms with Crippen LogP contribution >= 0.6 is 0 Å². The van der Waals surface area contributed by atoms with Crippen LogP contribution in [0, 0.1) is 5.92 Å². The second kappa shape index (κ2) is 6.39. The number of anilines is 1. The fourth-order valence-electron chi connectivity index (χ4n) is 4.84. The maximum absolute atomic E-state index is 13.3. The summed E-state index contributed by atoms with van der Waals surface area (Å²) in [7, 11) is 0. The number of nitrogens with zero attached hydrogens (tertiary/aromatic N) is 1. The quantitative estimate of drug-likeness (QED) is 0.652. The van der Waals surface area contributed by atoms with Gasteiger partial charge in [0.15, 0.2) is 6.10 Å². The number of hydrogen-bond acceptors (Lipinski definition) is 4. The average molecular weight is 368 g/mol. The van der Waals surface area contributed by atoms with E-state index in [1.165, 1.54) is 11.1 Å². The smallest absolute Gasteiger partial charge is 0.329 e. The molecule has 0 saturated carbocycles. The van der Waals surface area contributed by atoms with Crippen molar-refractivity contribution in [2.75, 3.05) is 5.32 Å². The van der Waals surface area contributed by atoms with Crippen LogP contribution in [0.2, 0.25) is 0 Å². The van der Waals surface area contributed by atoms with Gasteiger partial charge < -0.3 is 15.0 Å². The number of para-hydroxylation sites is 1. The summed E-state index contributed by atoms with van der Waals surface area (Å²) in [6.07, 6.45) is 3.31. The molecule has 0 aromatic heterocycles. The largest absolute Gasteiger partial charge is 0.451 e. The molecule has 0 aliphatic carbocycles. The van der Waals surface area contributed by atoms with Gasteiger partial charge in [-0.25, -0.2) is 4.79 Å². The van der Waals surface area contributed by atoms with Gasteiger partial charge in [0, 0.05) is 11.1 Å². The van der Waals surface area contributed by atoms with Gasteiger partial charge in [0.25, 0.3) is 5.91 Å². The first kappa shape index (κ1) is 18.1. The fourth-order valence-corrected chi connectivity index (χ4v) is 4.84. The van der Waals surface area contributed by atoms with E-state index in [0.29, 0.717) is 12.8 Å². The average Bonchev–Trinajstić information content (AvgIpc) is 3.09. The molecule has 4 atom stereocenters. The van der Waals surface area contributed by atoms with Crippen LogP contribution in [-0.2, 0) is 19.7 Å². The molecule has 27 heavy (non-hydrogen) atoms. The van der Waals surface area contributed by atoms with Gasteiger partial charge in [-0.2, -0.15) is 0 Å². The van der Waals surface area contributed by atoms with Crippen molar-refractivity contribution in [1.29, 1.82) is 0 Å². The molecule has 0 spiro atoms. The van der Waals surface area contributed by atoms with Gasteiger partial charge in [0.2, 0.25) is 0 Å². The number of carbonyl (C=O) groups excluding carboxylic acids is 2. The minimum absolute atomic E-state index is 0.0577. The zero-order chi connectivity index (χ0) is 19.3. The fraction of sp³-hybridized carbons (Fsp3) is 0.545. The third kappa shape index (κ3) is 2.75. The van der Waals surface area contributed by atoms with E-state index in [4.69, 9.17) is 4.74 Å². The standard InChI is InChI=1S/C22H28N2O3/c1-13(2)9-10-22-12-17-20(26)27-18(11-14(3)4)19(25)24(17)21(22)23-16-8-6-5-7-15(16)22/h5-9,14,17-18,21,23H,10-12H2,1-4H3/t17?,18?,21-,22?/m0/s1.